The van der Waals surface area contributed by atoms with Crippen LogP contribution in [0.3, 0.4) is 0 Å². The number of carboxylic acids is 1. The number of thioether (sulfide) groups is 1. The van der Waals surface area contributed by atoms with Crippen molar-refractivity contribution < 1.29 is 52.7 Å². The van der Waals surface area contributed by atoms with E-state index in [4.69, 9.17) is 19.4 Å². The zero-order valence-electron chi connectivity index (χ0n) is 22.0. The Labute approximate surface area is 238 Å². The van der Waals surface area contributed by atoms with Gasteiger partial charge in [-0.15, -0.1) is 0 Å². The molecule has 0 aliphatic carbocycles. The van der Waals surface area contributed by atoms with Crippen LogP contribution < -0.4 is 16.2 Å². The summed E-state index contributed by atoms with van der Waals surface area (Å²) in [5.74, 6) is -1.93. The summed E-state index contributed by atoms with van der Waals surface area (Å²) in [4.78, 5) is 44.8. The van der Waals surface area contributed by atoms with Crippen LogP contribution in [0, 0.1) is 5.92 Å². The summed E-state index contributed by atoms with van der Waals surface area (Å²) in [5, 5.41) is 11.4. The number of hydrogen-bond donors (Lipinski definition) is 2. The minimum atomic E-state index is -5.19. The van der Waals surface area contributed by atoms with E-state index in [0.717, 1.165) is 23.5 Å². The summed E-state index contributed by atoms with van der Waals surface area (Å²) in [6, 6.07) is 10.2. The number of aliphatic carboxylic acids is 1. The van der Waals surface area contributed by atoms with Crippen LogP contribution in [0.5, 0.6) is 0 Å². The number of rotatable bonds is 16. The SMILES string of the molecule is CCC(=O)OC(C)OC(=O)CNC(=O)C(CSSCC([NH3+])CCSC)Cc1ccccc1.O=C([O-])C(F)(F)F. The van der Waals surface area contributed by atoms with Crippen molar-refractivity contribution in [2.24, 2.45) is 5.92 Å². The van der Waals surface area contributed by atoms with Gasteiger partial charge in [0.15, 0.2) is 0 Å². The average Bonchev–Trinajstić information content (AvgIpc) is 2.87. The van der Waals surface area contributed by atoms with Crippen LogP contribution >= 0.6 is 33.3 Å². The molecule has 0 heterocycles. The number of ether oxygens (including phenoxy) is 2. The van der Waals surface area contributed by atoms with Gasteiger partial charge in [-0.25, -0.2) is 0 Å². The van der Waals surface area contributed by atoms with Crippen LogP contribution in [0.1, 0.15) is 32.3 Å². The van der Waals surface area contributed by atoms with E-state index in [-0.39, 0.29) is 24.8 Å². The molecule has 0 aliphatic rings. The van der Waals surface area contributed by atoms with E-state index >= 15 is 0 Å². The Morgan fingerprint density at radius 2 is 1.62 bits per heavy atom. The quantitative estimate of drug-likeness (QED) is 0.122. The summed E-state index contributed by atoms with van der Waals surface area (Å²) < 4.78 is 41.5. The van der Waals surface area contributed by atoms with Gasteiger partial charge in [-0.1, -0.05) is 58.8 Å². The van der Waals surface area contributed by atoms with E-state index < -0.39 is 30.4 Å². The molecular weight excluding hydrogens is 581 g/mol. The predicted molar refractivity (Wildman–Crippen MR) is 144 cm³/mol. The maximum absolute atomic E-state index is 12.8. The topological polar surface area (TPSA) is 149 Å². The summed E-state index contributed by atoms with van der Waals surface area (Å²) >= 11 is 1.82. The molecule has 4 N–H and O–H groups in total. The van der Waals surface area contributed by atoms with Crippen molar-refractivity contribution in [3.8, 4) is 0 Å². The van der Waals surface area contributed by atoms with Crippen LogP contribution in [-0.2, 0) is 35.1 Å². The van der Waals surface area contributed by atoms with Crippen molar-refractivity contribution in [3.63, 3.8) is 0 Å². The first kappa shape index (κ1) is 36.9. The number of halogens is 3. The molecule has 3 atom stereocenters. The van der Waals surface area contributed by atoms with Crippen LogP contribution in [0.15, 0.2) is 30.3 Å². The number of carboxylic acid groups (broad SMARTS) is 1. The third kappa shape index (κ3) is 19.6. The fourth-order valence-corrected chi connectivity index (χ4v) is 5.79. The van der Waals surface area contributed by atoms with Gasteiger partial charge in [-0.05, 0) is 24.0 Å². The molecule has 1 aromatic rings. The van der Waals surface area contributed by atoms with Crippen LogP contribution in [-0.4, -0.2) is 72.4 Å². The second kappa shape index (κ2) is 20.8. The van der Waals surface area contributed by atoms with Gasteiger partial charge in [-0.3, -0.25) is 14.4 Å². The summed E-state index contributed by atoms with van der Waals surface area (Å²) in [5.41, 5.74) is 5.25. The maximum atomic E-state index is 12.8. The first-order valence-corrected chi connectivity index (χ1v) is 15.7. The number of quaternary nitrogens is 1. The highest BCUT2D eigenvalue weighted by Gasteiger charge is 2.28. The van der Waals surface area contributed by atoms with E-state index in [9.17, 15) is 27.6 Å². The van der Waals surface area contributed by atoms with E-state index in [1.54, 1.807) is 28.5 Å². The smallest absolute Gasteiger partial charge is 0.430 e. The normalized spacial score (nSPS) is 13.2. The molecule has 0 saturated carbocycles. The molecule has 3 unspecified atom stereocenters. The van der Waals surface area contributed by atoms with Crippen molar-refractivity contribution in [2.75, 3.05) is 30.1 Å². The summed E-state index contributed by atoms with van der Waals surface area (Å²) in [7, 11) is 3.39. The lowest BCUT2D eigenvalue weighted by Crippen LogP contribution is -2.62. The molecule has 1 aromatic carbocycles. The predicted octanol–water partition coefficient (Wildman–Crippen LogP) is 1.85. The van der Waals surface area contributed by atoms with Gasteiger partial charge >= 0.3 is 18.1 Å². The Hall–Kier alpha value is -2.10. The van der Waals surface area contributed by atoms with Crippen molar-refractivity contribution in [1.29, 1.82) is 0 Å². The minimum absolute atomic E-state index is 0.196. The number of carbonyl (C=O) groups excluding carboxylic acids is 4. The molecular formula is C24H35F3N2O7S3. The Kier molecular flexibility index (Phi) is 19.6. The van der Waals surface area contributed by atoms with E-state index in [2.05, 4.69) is 17.3 Å². The highest BCUT2D eigenvalue weighted by Crippen LogP contribution is 2.26. The van der Waals surface area contributed by atoms with Crippen LogP contribution in [0.2, 0.25) is 0 Å². The third-order valence-corrected chi connectivity index (χ3v) is 7.88. The zero-order valence-corrected chi connectivity index (χ0v) is 24.4. The van der Waals surface area contributed by atoms with E-state index in [1.807, 2.05) is 42.1 Å². The van der Waals surface area contributed by atoms with Gasteiger partial charge in [0.1, 0.15) is 12.5 Å². The molecule has 39 heavy (non-hydrogen) atoms. The maximum Gasteiger partial charge on any atom is 0.430 e. The van der Waals surface area contributed by atoms with Gasteiger partial charge in [0.25, 0.3) is 0 Å². The number of benzene rings is 1. The third-order valence-electron chi connectivity index (χ3n) is 4.60. The standard InChI is InChI=1S/C22H34N2O5S3.C2HF3O2/c1-4-20(25)28-16(2)29-21(26)13-24-22(27)18(12-17-8-6-5-7-9-17)14-31-32-15-19(23)10-11-30-3;3-2(4,5)1(6)7/h5-9,16,18-19H,4,10-15,23H2,1-3H3,(H,24,27);(H,6,7). The molecule has 0 bridgehead atoms. The summed E-state index contributed by atoms with van der Waals surface area (Å²) in [6.45, 7) is 2.85. The fourth-order valence-electron chi connectivity index (χ4n) is 2.59. The first-order valence-electron chi connectivity index (χ1n) is 11.8. The number of nitrogens with one attached hydrogen (secondary N) is 1. The van der Waals surface area contributed by atoms with E-state index in [1.165, 1.54) is 6.92 Å². The van der Waals surface area contributed by atoms with Crippen LogP contribution in [0.25, 0.3) is 0 Å². The van der Waals surface area contributed by atoms with Crippen LogP contribution in [0.4, 0.5) is 13.2 Å². The van der Waals surface area contributed by atoms with Crippen molar-refractivity contribution >= 4 is 57.2 Å². The molecule has 1 amide bonds. The monoisotopic (exact) mass is 616 g/mol. The molecule has 15 heteroatoms. The molecule has 0 aromatic heterocycles. The average molecular weight is 617 g/mol. The highest BCUT2D eigenvalue weighted by atomic mass is 33.1. The van der Waals surface area contributed by atoms with Gasteiger partial charge < -0.3 is 30.4 Å². The second-order valence-electron chi connectivity index (χ2n) is 8.01. The largest absolute Gasteiger partial charge is 0.542 e. The molecule has 1 rings (SSSR count). The molecule has 0 fully saturated rings. The molecule has 0 radical (unpaired) electrons. The van der Waals surface area contributed by atoms with Gasteiger partial charge in [0, 0.05) is 25.5 Å². The van der Waals surface area contributed by atoms with Gasteiger partial charge in [0.2, 0.25) is 12.2 Å². The number of amides is 1. The lowest BCUT2D eigenvalue weighted by molar-refractivity contribution is -0.412. The minimum Gasteiger partial charge on any atom is -0.542 e. The second-order valence-corrected chi connectivity index (χ2v) is 11.5. The number of alkyl halides is 3. The van der Waals surface area contributed by atoms with Crippen molar-refractivity contribution in [1.82, 2.24) is 5.32 Å². The van der Waals surface area contributed by atoms with E-state index in [0.29, 0.717) is 18.2 Å². The van der Waals surface area contributed by atoms with Gasteiger partial charge in [0.05, 0.1) is 17.7 Å². The number of hydrogen-bond acceptors (Lipinski definition) is 10. The Bertz CT molecular complexity index is 880. The zero-order chi connectivity index (χ0) is 29.8. The Morgan fingerprint density at radius 3 is 2.15 bits per heavy atom. The Balaban J connectivity index is 0.00000181. The molecule has 0 saturated heterocycles. The first-order chi connectivity index (χ1) is 18.3. The Morgan fingerprint density at radius 1 is 1.05 bits per heavy atom. The lowest BCUT2D eigenvalue weighted by atomic mass is 10.0. The molecule has 9 nitrogen and oxygen atoms in total. The lowest BCUT2D eigenvalue weighted by Gasteiger charge is -2.18. The van der Waals surface area contributed by atoms with Crippen molar-refractivity contribution in [2.45, 2.75) is 51.6 Å². The number of carbonyl (C=O) groups is 4. The summed E-state index contributed by atoms with van der Waals surface area (Å²) in [6.07, 6.45) is -2.23. The molecule has 222 valence electrons. The molecule has 0 aliphatic heterocycles. The number of esters is 2. The molecule has 0 spiro atoms. The van der Waals surface area contributed by atoms with Crippen molar-refractivity contribution in [3.05, 3.63) is 35.9 Å². The highest BCUT2D eigenvalue weighted by molar-refractivity contribution is 8.76. The fraction of sp³-hybridized carbons (Fsp3) is 0.583. The van der Waals surface area contributed by atoms with Gasteiger partial charge in [-0.2, -0.15) is 24.9 Å².